The molecule has 5 nitrogen and oxygen atoms in total. The van der Waals surface area contributed by atoms with Crippen LogP contribution < -0.4 is 0 Å². The molecule has 4 atom stereocenters. The third-order valence-electron chi connectivity index (χ3n) is 2.18. The van der Waals surface area contributed by atoms with Crippen molar-refractivity contribution in [2.24, 2.45) is 5.41 Å². The lowest BCUT2D eigenvalue weighted by molar-refractivity contribution is -0.180. The summed E-state index contributed by atoms with van der Waals surface area (Å²) in [6.07, 6.45) is -3.79. The van der Waals surface area contributed by atoms with Crippen molar-refractivity contribution < 1.29 is 24.8 Å². The van der Waals surface area contributed by atoms with Crippen molar-refractivity contribution in [1.82, 2.24) is 0 Å². The van der Waals surface area contributed by atoms with E-state index in [0.29, 0.717) is 6.61 Å². The SMILES string of the molecule is CC(C)(C)CO[C@H]1O[C@H](CO)C(O)[C@H]1O. The fourth-order valence-corrected chi connectivity index (χ4v) is 1.34. The molecule has 1 unspecified atom stereocenters. The molecule has 90 valence electrons. The lowest BCUT2D eigenvalue weighted by atomic mass is 9.99. The van der Waals surface area contributed by atoms with Crippen molar-refractivity contribution >= 4 is 0 Å². The van der Waals surface area contributed by atoms with Crippen LogP contribution in [0.1, 0.15) is 20.8 Å². The zero-order valence-electron chi connectivity index (χ0n) is 9.38. The number of rotatable bonds is 3. The van der Waals surface area contributed by atoms with Crippen LogP contribution >= 0.6 is 0 Å². The Bertz CT molecular complexity index is 200. The van der Waals surface area contributed by atoms with Gasteiger partial charge in [0.05, 0.1) is 13.2 Å². The zero-order valence-corrected chi connectivity index (χ0v) is 9.38. The van der Waals surface area contributed by atoms with Gasteiger partial charge in [0.15, 0.2) is 6.29 Å². The summed E-state index contributed by atoms with van der Waals surface area (Å²) in [6, 6.07) is 0. The van der Waals surface area contributed by atoms with Crippen molar-refractivity contribution in [1.29, 1.82) is 0 Å². The van der Waals surface area contributed by atoms with E-state index in [2.05, 4.69) is 0 Å². The molecule has 0 aromatic rings. The Morgan fingerprint density at radius 1 is 1.20 bits per heavy atom. The predicted octanol–water partition coefficient (Wildman–Crippen LogP) is -0.512. The molecule has 1 aliphatic rings. The molecule has 1 rings (SSSR count). The van der Waals surface area contributed by atoms with Gasteiger partial charge in [0, 0.05) is 0 Å². The lowest BCUT2D eigenvalue weighted by Crippen LogP contribution is -2.35. The van der Waals surface area contributed by atoms with Crippen LogP contribution in [-0.2, 0) is 9.47 Å². The maximum atomic E-state index is 9.54. The second-order valence-corrected chi connectivity index (χ2v) is 5.08. The van der Waals surface area contributed by atoms with Crippen LogP contribution in [-0.4, -0.2) is 53.1 Å². The standard InChI is InChI=1S/C10H20O5/c1-10(2,3)5-14-9-8(13)7(12)6(4-11)15-9/h6-9,11-13H,4-5H2,1-3H3/t6-,7?,8-,9+/m1/s1. The first-order valence-electron chi connectivity index (χ1n) is 5.09. The van der Waals surface area contributed by atoms with Crippen molar-refractivity contribution in [3.8, 4) is 0 Å². The third kappa shape index (κ3) is 3.39. The summed E-state index contributed by atoms with van der Waals surface area (Å²) in [7, 11) is 0. The van der Waals surface area contributed by atoms with Crippen molar-refractivity contribution in [3.63, 3.8) is 0 Å². The molecule has 0 aromatic heterocycles. The molecule has 15 heavy (non-hydrogen) atoms. The van der Waals surface area contributed by atoms with Gasteiger partial charge >= 0.3 is 0 Å². The molecule has 0 radical (unpaired) electrons. The van der Waals surface area contributed by atoms with E-state index in [1.54, 1.807) is 0 Å². The number of aliphatic hydroxyl groups excluding tert-OH is 3. The molecule has 0 amide bonds. The van der Waals surface area contributed by atoms with Gasteiger partial charge in [-0.05, 0) is 5.41 Å². The number of hydrogen-bond acceptors (Lipinski definition) is 5. The van der Waals surface area contributed by atoms with E-state index in [9.17, 15) is 10.2 Å². The molecule has 0 saturated carbocycles. The second kappa shape index (κ2) is 4.76. The molecule has 0 aliphatic carbocycles. The molecule has 1 aliphatic heterocycles. The Morgan fingerprint density at radius 2 is 1.80 bits per heavy atom. The lowest BCUT2D eigenvalue weighted by Gasteiger charge is -2.22. The van der Waals surface area contributed by atoms with Crippen LogP contribution in [0.3, 0.4) is 0 Å². The molecule has 0 spiro atoms. The van der Waals surface area contributed by atoms with Gasteiger partial charge in [-0.2, -0.15) is 0 Å². The van der Waals surface area contributed by atoms with E-state index in [1.165, 1.54) is 0 Å². The van der Waals surface area contributed by atoms with Gasteiger partial charge in [0.1, 0.15) is 18.3 Å². The fourth-order valence-electron chi connectivity index (χ4n) is 1.34. The molecule has 0 aromatic carbocycles. The summed E-state index contributed by atoms with van der Waals surface area (Å²) < 4.78 is 10.5. The van der Waals surface area contributed by atoms with Gasteiger partial charge in [0.2, 0.25) is 0 Å². The topological polar surface area (TPSA) is 79.2 Å². The normalized spacial score (nSPS) is 37.2. The first-order valence-corrected chi connectivity index (χ1v) is 5.09. The minimum Gasteiger partial charge on any atom is -0.394 e. The molecule has 3 N–H and O–H groups in total. The van der Waals surface area contributed by atoms with E-state index in [1.807, 2.05) is 20.8 Å². The van der Waals surface area contributed by atoms with Gasteiger partial charge in [-0.15, -0.1) is 0 Å². The first kappa shape index (κ1) is 12.9. The van der Waals surface area contributed by atoms with Gasteiger partial charge in [-0.3, -0.25) is 0 Å². The number of aliphatic hydroxyl groups is 3. The summed E-state index contributed by atoms with van der Waals surface area (Å²) in [4.78, 5) is 0. The fraction of sp³-hybridized carbons (Fsp3) is 1.00. The molecular weight excluding hydrogens is 200 g/mol. The molecule has 5 heteroatoms. The monoisotopic (exact) mass is 220 g/mol. The average molecular weight is 220 g/mol. The average Bonchev–Trinajstić information content (AvgIpc) is 2.40. The minimum atomic E-state index is -1.09. The molecule has 1 heterocycles. The highest BCUT2D eigenvalue weighted by atomic mass is 16.7. The summed E-state index contributed by atoms with van der Waals surface area (Å²) >= 11 is 0. The smallest absolute Gasteiger partial charge is 0.186 e. The van der Waals surface area contributed by atoms with E-state index >= 15 is 0 Å². The Morgan fingerprint density at radius 3 is 2.20 bits per heavy atom. The maximum absolute atomic E-state index is 9.54. The summed E-state index contributed by atoms with van der Waals surface area (Å²) in [5, 5.41) is 27.8. The van der Waals surface area contributed by atoms with E-state index in [0.717, 1.165) is 0 Å². The Hall–Kier alpha value is -0.200. The highest BCUT2D eigenvalue weighted by Crippen LogP contribution is 2.24. The molecule has 1 fully saturated rings. The Kier molecular flexibility index (Phi) is 4.08. The van der Waals surface area contributed by atoms with E-state index < -0.39 is 24.6 Å². The summed E-state index contributed by atoms with van der Waals surface area (Å²) in [5.74, 6) is 0. The van der Waals surface area contributed by atoms with Crippen LogP contribution in [0, 0.1) is 5.41 Å². The molecule has 1 saturated heterocycles. The van der Waals surface area contributed by atoms with Crippen molar-refractivity contribution in [2.45, 2.75) is 45.4 Å². The Labute approximate surface area is 89.6 Å². The van der Waals surface area contributed by atoms with Crippen molar-refractivity contribution in [2.75, 3.05) is 13.2 Å². The number of ether oxygens (including phenoxy) is 2. The van der Waals surface area contributed by atoms with E-state index in [4.69, 9.17) is 14.6 Å². The minimum absolute atomic E-state index is 0.0364. The first-order chi connectivity index (χ1) is 6.85. The molecular formula is C10H20O5. The zero-order chi connectivity index (χ0) is 11.6. The molecule has 0 bridgehead atoms. The highest BCUT2D eigenvalue weighted by molar-refractivity contribution is 4.86. The van der Waals surface area contributed by atoms with Gasteiger partial charge in [-0.1, -0.05) is 20.8 Å². The van der Waals surface area contributed by atoms with Gasteiger partial charge in [-0.25, -0.2) is 0 Å². The van der Waals surface area contributed by atoms with Crippen molar-refractivity contribution in [3.05, 3.63) is 0 Å². The van der Waals surface area contributed by atoms with Crippen LogP contribution in [0.5, 0.6) is 0 Å². The highest BCUT2D eigenvalue weighted by Gasteiger charge is 2.43. The quantitative estimate of drug-likeness (QED) is 0.597. The predicted molar refractivity (Wildman–Crippen MR) is 53.2 cm³/mol. The van der Waals surface area contributed by atoms with Crippen LogP contribution in [0.4, 0.5) is 0 Å². The number of hydrogen-bond donors (Lipinski definition) is 3. The third-order valence-corrected chi connectivity index (χ3v) is 2.18. The second-order valence-electron chi connectivity index (χ2n) is 5.08. The van der Waals surface area contributed by atoms with Gasteiger partial charge in [0.25, 0.3) is 0 Å². The summed E-state index contributed by atoms with van der Waals surface area (Å²) in [6.45, 7) is 6.07. The van der Waals surface area contributed by atoms with E-state index in [-0.39, 0.29) is 12.0 Å². The van der Waals surface area contributed by atoms with Gasteiger partial charge < -0.3 is 24.8 Å². The Balaban J connectivity index is 2.44. The van der Waals surface area contributed by atoms with Crippen LogP contribution in [0.25, 0.3) is 0 Å². The maximum Gasteiger partial charge on any atom is 0.186 e. The largest absolute Gasteiger partial charge is 0.394 e. The summed E-state index contributed by atoms with van der Waals surface area (Å²) in [5.41, 5.74) is -0.0364. The van der Waals surface area contributed by atoms with Crippen LogP contribution in [0.2, 0.25) is 0 Å². The van der Waals surface area contributed by atoms with Crippen LogP contribution in [0.15, 0.2) is 0 Å².